The van der Waals surface area contributed by atoms with Gasteiger partial charge in [0.1, 0.15) is 4.21 Å². The highest BCUT2D eigenvalue weighted by molar-refractivity contribution is 7.91. The molecule has 1 aliphatic rings. The van der Waals surface area contributed by atoms with Crippen LogP contribution in [0.15, 0.2) is 52.1 Å². The first kappa shape index (κ1) is 16.6. The second kappa shape index (κ2) is 7.55. The number of morpholine rings is 1. The number of sulfonamides is 1. The molecule has 1 saturated heterocycles. The molecule has 2 aromatic rings. The minimum Gasteiger partial charge on any atom is -0.379 e. The van der Waals surface area contributed by atoms with Crippen LogP contribution in [0.4, 0.5) is 0 Å². The van der Waals surface area contributed by atoms with Crippen LogP contribution >= 0.6 is 11.3 Å². The van der Waals surface area contributed by atoms with E-state index in [2.05, 4.69) is 9.62 Å². The predicted octanol–water partition coefficient (Wildman–Crippen LogP) is 2.10. The summed E-state index contributed by atoms with van der Waals surface area (Å²) in [7, 11) is -3.50. The molecule has 0 unspecified atom stereocenters. The fourth-order valence-corrected chi connectivity index (χ4v) is 4.82. The number of thiophene rings is 1. The number of hydrogen-bond acceptors (Lipinski definition) is 5. The molecule has 0 bridgehead atoms. The van der Waals surface area contributed by atoms with Gasteiger partial charge in [-0.1, -0.05) is 36.4 Å². The average Bonchev–Trinajstić information content (AvgIpc) is 3.11. The molecule has 1 fully saturated rings. The van der Waals surface area contributed by atoms with Gasteiger partial charge in [-0.05, 0) is 17.0 Å². The molecule has 0 saturated carbocycles. The Morgan fingerprint density at radius 3 is 2.52 bits per heavy atom. The summed E-state index contributed by atoms with van der Waals surface area (Å²) >= 11 is 1.23. The first-order valence-electron chi connectivity index (χ1n) is 7.56. The fourth-order valence-electron chi connectivity index (χ4n) is 2.60. The van der Waals surface area contributed by atoms with Crippen molar-refractivity contribution >= 4 is 21.4 Å². The number of hydrogen-bond donors (Lipinski definition) is 1. The second-order valence-electron chi connectivity index (χ2n) is 5.43. The van der Waals surface area contributed by atoms with Crippen LogP contribution in [0.2, 0.25) is 0 Å². The first-order valence-corrected chi connectivity index (χ1v) is 9.92. The van der Waals surface area contributed by atoms with Crippen molar-refractivity contribution < 1.29 is 13.2 Å². The van der Waals surface area contributed by atoms with Gasteiger partial charge in [-0.2, -0.15) is 0 Å². The molecule has 1 aliphatic heterocycles. The molecule has 2 heterocycles. The molecule has 7 heteroatoms. The Morgan fingerprint density at radius 1 is 1.13 bits per heavy atom. The number of ether oxygens (including phenoxy) is 1. The molecule has 0 radical (unpaired) electrons. The zero-order chi connectivity index (χ0) is 16.1. The molecule has 1 atom stereocenters. The van der Waals surface area contributed by atoms with Gasteiger partial charge >= 0.3 is 0 Å². The van der Waals surface area contributed by atoms with Crippen LogP contribution in [0.1, 0.15) is 11.6 Å². The maximum absolute atomic E-state index is 12.6. The van der Waals surface area contributed by atoms with Crippen LogP contribution in [0.25, 0.3) is 0 Å². The summed E-state index contributed by atoms with van der Waals surface area (Å²) in [6.45, 7) is 3.67. The van der Waals surface area contributed by atoms with Crippen LogP contribution in [-0.4, -0.2) is 46.2 Å². The van der Waals surface area contributed by atoms with Crippen molar-refractivity contribution in [2.45, 2.75) is 10.3 Å². The van der Waals surface area contributed by atoms with Crippen LogP contribution in [0.5, 0.6) is 0 Å². The lowest BCUT2D eigenvalue weighted by atomic mass is 10.1. The third-order valence-corrected chi connectivity index (χ3v) is 6.67. The number of nitrogens with one attached hydrogen (secondary N) is 1. The Balaban J connectivity index is 1.80. The van der Waals surface area contributed by atoms with E-state index in [0.29, 0.717) is 24.0 Å². The van der Waals surface area contributed by atoms with Crippen molar-refractivity contribution in [1.82, 2.24) is 9.62 Å². The van der Waals surface area contributed by atoms with E-state index in [4.69, 9.17) is 4.74 Å². The molecule has 1 aromatic carbocycles. The molecule has 3 rings (SSSR count). The number of nitrogens with zero attached hydrogens (tertiary/aromatic N) is 1. The van der Waals surface area contributed by atoms with Gasteiger partial charge in [-0.15, -0.1) is 11.3 Å². The molecule has 124 valence electrons. The second-order valence-corrected chi connectivity index (χ2v) is 8.32. The highest BCUT2D eigenvalue weighted by atomic mass is 32.2. The van der Waals surface area contributed by atoms with E-state index in [-0.39, 0.29) is 6.04 Å². The molecule has 23 heavy (non-hydrogen) atoms. The van der Waals surface area contributed by atoms with Gasteiger partial charge in [0, 0.05) is 19.6 Å². The maximum atomic E-state index is 12.6. The van der Waals surface area contributed by atoms with E-state index in [9.17, 15) is 8.42 Å². The minimum atomic E-state index is -3.50. The van der Waals surface area contributed by atoms with Crippen LogP contribution < -0.4 is 4.72 Å². The van der Waals surface area contributed by atoms with Gasteiger partial charge < -0.3 is 4.74 Å². The average molecular weight is 352 g/mol. The van der Waals surface area contributed by atoms with Gasteiger partial charge in [0.2, 0.25) is 0 Å². The van der Waals surface area contributed by atoms with E-state index in [1.807, 2.05) is 30.3 Å². The SMILES string of the molecule is O=S(=O)(N[C@@H](CN1CCOCC1)c1ccccc1)c1cccs1. The Bertz CT molecular complexity index is 696. The first-order chi connectivity index (χ1) is 11.1. The molecular weight excluding hydrogens is 332 g/mol. The van der Waals surface area contributed by atoms with Gasteiger partial charge in [0.25, 0.3) is 10.0 Å². The van der Waals surface area contributed by atoms with Crippen LogP contribution in [-0.2, 0) is 14.8 Å². The normalized spacial score (nSPS) is 17.9. The van der Waals surface area contributed by atoms with Crippen LogP contribution in [0, 0.1) is 0 Å². The Hall–Kier alpha value is -1.25. The largest absolute Gasteiger partial charge is 0.379 e. The summed E-state index contributed by atoms with van der Waals surface area (Å²) in [5, 5.41) is 1.77. The summed E-state index contributed by atoms with van der Waals surface area (Å²) in [5.41, 5.74) is 0.971. The van der Waals surface area contributed by atoms with Crippen molar-refractivity contribution in [1.29, 1.82) is 0 Å². The Morgan fingerprint density at radius 2 is 1.87 bits per heavy atom. The van der Waals surface area contributed by atoms with E-state index in [0.717, 1.165) is 18.7 Å². The predicted molar refractivity (Wildman–Crippen MR) is 91.1 cm³/mol. The van der Waals surface area contributed by atoms with Gasteiger partial charge in [0.05, 0.1) is 19.3 Å². The minimum absolute atomic E-state index is 0.276. The number of benzene rings is 1. The molecule has 5 nitrogen and oxygen atoms in total. The van der Waals surface area contributed by atoms with Crippen molar-refractivity contribution in [2.24, 2.45) is 0 Å². The molecule has 0 spiro atoms. The monoisotopic (exact) mass is 352 g/mol. The zero-order valence-electron chi connectivity index (χ0n) is 12.7. The Kier molecular flexibility index (Phi) is 5.45. The summed E-state index contributed by atoms with van der Waals surface area (Å²) < 4.78 is 33.7. The summed E-state index contributed by atoms with van der Waals surface area (Å²) in [6.07, 6.45) is 0. The third kappa shape index (κ3) is 4.39. The summed E-state index contributed by atoms with van der Waals surface area (Å²) in [4.78, 5) is 2.23. The highest BCUT2D eigenvalue weighted by Gasteiger charge is 2.24. The quantitative estimate of drug-likeness (QED) is 0.865. The van der Waals surface area contributed by atoms with Gasteiger partial charge in [0.15, 0.2) is 0 Å². The van der Waals surface area contributed by atoms with Crippen molar-refractivity contribution in [3.63, 3.8) is 0 Å². The molecule has 0 amide bonds. The van der Waals surface area contributed by atoms with Crippen molar-refractivity contribution in [3.8, 4) is 0 Å². The van der Waals surface area contributed by atoms with Gasteiger partial charge in [-0.25, -0.2) is 13.1 Å². The molecule has 1 N–H and O–H groups in total. The topological polar surface area (TPSA) is 58.6 Å². The Labute approximate surface area is 140 Å². The summed E-state index contributed by atoms with van der Waals surface area (Å²) in [6, 6.07) is 12.8. The van der Waals surface area contributed by atoms with E-state index >= 15 is 0 Å². The van der Waals surface area contributed by atoms with E-state index in [1.165, 1.54) is 11.3 Å². The van der Waals surface area contributed by atoms with Crippen molar-refractivity contribution in [3.05, 3.63) is 53.4 Å². The lowest BCUT2D eigenvalue weighted by molar-refractivity contribution is 0.0345. The smallest absolute Gasteiger partial charge is 0.250 e. The highest BCUT2D eigenvalue weighted by Crippen LogP contribution is 2.21. The summed E-state index contributed by atoms with van der Waals surface area (Å²) in [5.74, 6) is 0. The molecular formula is C16H20N2O3S2. The number of rotatable bonds is 6. The lowest BCUT2D eigenvalue weighted by Gasteiger charge is -2.30. The maximum Gasteiger partial charge on any atom is 0.250 e. The van der Waals surface area contributed by atoms with Crippen molar-refractivity contribution in [2.75, 3.05) is 32.8 Å². The van der Waals surface area contributed by atoms with E-state index in [1.54, 1.807) is 17.5 Å². The fraction of sp³-hybridized carbons (Fsp3) is 0.375. The zero-order valence-corrected chi connectivity index (χ0v) is 14.4. The molecule has 0 aliphatic carbocycles. The molecule has 1 aromatic heterocycles. The lowest BCUT2D eigenvalue weighted by Crippen LogP contribution is -2.43. The third-order valence-electron chi connectivity index (χ3n) is 3.80. The standard InChI is InChI=1S/C16H20N2O3S2/c19-23(20,16-7-4-12-22-16)17-15(14-5-2-1-3-6-14)13-18-8-10-21-11-9-18/h1-7,12,15,17H,8-11,13H2/t15-/m0/s1. The van der Waals surface area contributed by atoms with E-state index < -0.39 is 10.0 Å². The van der Waals surface area contributed by atoms with Crippen LogP contribution in [0.3, 0.4) is 0 Å². The van der Waals surface area contributed by atoms with Gasteiger partial charge in [-0.3, -0.25) is 4.90 Å².